The molecule has 3 rings (SSSR count). The summed E-state index contributed by atoms with van der Waals surface area (Å²) in [5.74, 6) is 0.916. The lowest BCUT2D eigenvalue weighted by molar-refractivity contribution is 0.0470. The molecule has 2 aromatic carbocycles. The fourth-order valence-corrected chi connectivity index (χ4v) is 2.85. The highest BCUT2D eigenvalue weighted by Gasteiger charge is 2.12. The van der Waals surface area contributed by atoms with Gasteiger partial charge in [0.05, 0.1) is 31.2 Å². The first kappa shape index (κ1) is 18.5. The van der Waals surface area contributed by atoms with Gasteiger partial charge in [-0.15, -0.1) is 0 Å². The van der Waals surface area contributed by atoms with E-state index in [-0.39, 0.29) is 6.61 Å². The number of hydrogen-bond acceptors (Lipinski definition) is 5. The van der Waals surface area contributed by atoms with Crippen LogP contribution < -0.4 is 9.47 Å². The molecule has 0 fully saturated rings. The van der Waals surface area contributed by atoms with E-state index in [1.807, 2.05) is 36.7 Å². The average Bonchev–Trinajstić information content (AvgIpc) is 3.03. The molecule has 6 heteroatoms. The van der Waals surface area contributed by atoms with Crippen LogP contribution >= 0.6 is 0 Å². The molecule has 0 atom stereocenters. The first-order valence-electron chi connectivity index (χ1n) is 8.53. The van der Waals surface area contributed by atoms with E-state index >= 15 is 0 Å². The third-order valence-electron chi connectivity index (χ3n) is 4.20. The Kier molecular flexibility index (Phi) is 5.45. The van der Waals surface area contributed by atoms with Crippen molar-refractivity contribution in [3.63, 3.8) is 0 Å². The zero-order valence-corrected chi connectivity index (χ0v) is 15.9. The number of nitrogens with zero attached hydrogens (tertiary/aromatic N) is 2. The fourth-order valence-electron chi connectivity index (χ4n) is 2.85. The Hall–Kier alpha value is -3.28. The van der Waals surface area contributed by atoms with Crippen LogP contribution in [0.3, 0.4) is 0 Å². The van der Waals surface area contributed by atoms with Crippen LogP contribution in [0.25, 0.3) is 5.69 Å². The predicted octanol–water partition coefficient (Wildman–Crippen LogP) is 3.86. The molecule has 0 radical (unpaired) electrons. The molecule has 0 saturated carbocycles. The minimum absolute atomic E-state index is 0.0957. The Balaban J connectivity index is 1.71. The van der Waals surface area contributed by atoms with Crippen LogP contribution in [-0.2, 0) is 11.3 Å². The van der Waals surface area contributed by atoms with E-state index < -0.39 is 5.97 Å². The smallest absolute Gasteiger partial charge is 0.338 e. The summed E-state index contributed by atoms with van der Waals surface area (Å²) in [6.45, 7) is 4.03. The maximum atomic E-state index is 12.4. The summed E-state index contributed by atoms with van der Waals surface area (Å²) < 4.78 is 17.8. The molecular formula is C21H22N2O4. The molecule has 0 unspecified atom stereocenters. The Morgan fingerprint density at radius 3 is 2.33 bits per heavy atom. The number of carbonyl (C=O) groups excluding carboxylic acids is 1. The molecule has 140 valence electrons. The molecule has 3 aromatic rings. The van der Waals surface area contributed by atoms with Gasteiger partial charge in [-0.05, 0) is 62.4 Å². The van der Waals surface area contributed by atoms with Gasteiger partial charge in [0.25, 0.3) is 0 Å². The van der Waals surface area contributed by atoms with E-state index in [4.69, 9.17) is 14.2 Å². The summed E-state index contributed by atoms with van der Waals surface area (Å²) >= 11 is 0. The van der Waals surface area contributed by atoms with Crippen molar-refractivity contribution >= 4 is 5.97 Å². The van der Waals surface area contributed by atoms with Crippen LogP contribution in [0, 0.1) is 13.8 Å². The standard InChI is InChI=1S/C21H22N2O4/c1-14-11-15(2)23(22-14)18-7-5-16(6-8-18)21(24)27-13-17-12-19(25-3)9-10-20(17)26-4/h5-12H,13H2,1-4H3. The maximum Gasteiger partial charge on any atom is 0.338 e. The number of benzene rings is 2. The third kappa shape index (κ3) is 4.11. The van der Waals surface area contributed by atoms with Crippen molar-refractivity contribution in [2.45, 2.75) is 20.5 Å². The lowest BCUT2D eigenvalue weighted by atomic mass is 10.2. The second-order valence-electron chi connectivity index (χ2n) is 6.14. The van der Waals surface area contributed by atoms with E-state index in [0.717, 1.165) is 22.6 Å². The van der Waals surface area contributed by atoms with Crippen molar-refractivity contribution in [3.8, 4) is 17.2 Å². The first-order chi connectivity index (χ1) is 13.0. The molecule has 0 amide bonds. The van der Waals surface area contributed by atoms with Crippen molar-refractivity contribution in [2.75, 3.05) is 14.2 Å². The normalized spacial score (nSPS) is 10.5. The molecule has 0 spiro atoms. The number of aromatic nitrogens is 2. The molecule has 6 nitrogen and oxygen atoms in total. The van der Waals surface area contributed by atoms with Crippen molar-refractivity contribution in [1.29, 1.82) is 0 Å². The molecule has 0 aliphatic heterocycles. The van der Waals surface area contributed by atoms with Gasteiger partial charge in [0.15, 0.2) is 0 Å². The van der Waals surface area contributed by atoms with Gasteiger partial charge >= 0.3 is 5.97 Å². The van der Waals surface area contributed by atoms with Gasteiger partial charge in [-0.1, -0.05) is 0 Å². The second-order valence-corrected chi connectivity index (χ2v) is 6.14. The molecule has 27 heavy (non-hydrogen) atoms. The average molecular weight is 366 g/mol. The number of carbonyl (C=O) groups is 1. The van der Waals surface area contributed by atoms with Gasteiger partial charge in [-0.25, -0.2) is 9.48 Å². The monoisotopic (exact) mass is 366 g/mol. The quantitative estimate of drug-likeness (QED) is 0.620. The summed E-state index contributed by atoms with van der Waals surface area (Å²) in [6.07, 6.45) is 0. The first-order valence-corrected chi connectivity index (χ1v) is 8.53. The fraction of sp³-hybridized carbons (Fsp3) is 0.238. The predicted molar refractivity (Wildman–Crippen MR) is 102 cm³/mol. The number of methoxy groups -OCH3 is 2. The number of ether oxygens (including phenoxy) is 3. The summed E-state index contributed by atoms with van der Waals surface area (Å²) in [5.41, 5.74) is 4.09. The van der Waals surface area contributed by atoms with Crippen LogP contribution in [0.2, 0.25) is 0 Å². The Morgan fingerprint density at radius 2 is 1.74 bits per heavy atom. The van der Waals surface area contributed by atoms with Crippen LogP contribution in [0.15, 0.2) is 48.5 Å². The van der Waals surface area contributed by atoms with Crippen LogP contribution in [0.5, 0.6) is 11.5 Å². The topological polar surface area (TPSA) is 62.6 Å². The molecule has 0 N–H and O–H groups in total. The van der Waals surface area contributed by atoms with E-state index in [1.54, 1.807) is 44.6 Å². The lowest BCUT2D eigenvalue weighted by Crippen LogP contribution is -2.07. The zero-order chi connectivity index (χ0) is 19.4. The highest BCUT2D eigenvalue weighted by atomic mass is 16.5. The summed E-state index contributed by atoms with van der Waals surface area (Å²) in [4.78, 5) is 12.4. The van der Waals surface area contributed by atoms with E-state index in [1.165, 1.54) is 0 Å². The minimum atomic E-state index is -0.403. The van der Waals surface area contributed by atoms with Gasteiger partial charge in [0.1, 0.15) is 18.1 Å². The molecule has 0 aliphatic carbocycles. The van der Waals surface area contributed by atoms with Crippen molar-refractivity contribution in [2.24, 2.45) is 0 Å². The molecule has 0 bridgehead atoms. The Bertz CT molecular complexity index is 945. The maximum absolute atomic E-state index is 12.4. The largest absolute Gasteiger partial charge is 0.497 e. The lowest BCUT2D eigenvalue weighted by Gasteiger charge is -2.11. The molecule has 0 aliphatic rings. The highest BCUT2D eigenvalue weighted by Crippen LogP contribution is 2.25. The van der Waals surface area contributed by atoms with Gasteiger partial charge in [0, 0.05) is 11.3 Å². The van der Waals surface area contributed by atoms with Gasteiger partial charge in [-0.2, -0.15) is 5.10 Å². The van der Waals surface area contributed by atoms with Gasteiger partial charge in [-0.3, -0.25) is 0 Å². The van der Waals surface area contributed by atoms with Crippen molar-refractivity contribution in [3.05, 3.63) is 71.0 Å². The van der Waals surface area contributed by atoms with Gasteiger partial charge in [0.2, 0.25) is 0 Å². The third-order valence-corrected chi connectivity index (χ3v) is 4.20. The van der Waals surface area contributed by atoms with Crippen molar-refractivity contribution in [1.82, 2.24) is 9.78 Å². The summed E-state index contributed by atoms with van der Waals surface area (Å²) in [7, 11) is 3.16. The zero-order valence-electron chi connectivity index (χ0n) is 15.9. The van der Waals surface area contributed by atoms with Crippen molar-refractivity contribution < 1.29 is 19.0 Å². The molecule has 0 saturated heterocycles. The Morgan fingerprint density at radius 1 is 1.00 bits per heavy atom. The molecule has 1 aromatic heterocycles. The molecule has 1 heterocycles. The highest BCUT2D eigenvalue weighted by molar-refractivity contribution is 5.89. The number of rotatable bonds is 6. The van der Waals surface area contributed by atoms with Crippen LogP contribution in [0.1, 0.15) is 27.3 Å². The number of esters is 1. The minimum Gasteiger partial charge on any atom is -0.497 e. The SMILES string of the molecule is COc1ccc(OC)c(COC(=O)c2ccc(-n3nc(C)cc3C)cc2)c1. The number of aryl methyl sites for hydroxylation is 2. The second kappa shape index (κ2) is 7.95. The van der Waals surface area contributed by atoms with Crippen LogP contribution in [0.4, 0.5) is 0 Å². The molecular weight excluding hydrogens is 344 g/mol. The Labute approximate surface area is 158 Å². The summed E-state index contributed by atoms with van der Waals surface area (Å²) in [5, 5.41) is 4.44. The van der Waals surface area contributed by atoms with Crippen LogP contribution in [-0.4, -0.2) is 30.0 Å². The van der Waals surface area contributed by atoms with Gasteiger partial charge < -0.3 is 14.2 Å². The van der Waals surface area contributed by atoms with E-state index in [9.17, 15) is 4.79 Å². The van der Waals surface area contributed by atoms with E-state index in [0.29, 0.717) is 17.1 Å². The summed E-state index contributed by atoms with van der Waals surface area (Å²) in [6, 6.07) is 14.5. The van der Waals surface area contributed by atoms with E-state index in [2.05, 4.69) is 5.10 Å². The number of hydrogen-bond donors (Lipinski definition) is 0.